The molecule has 20 heavy (non-hydrogen) atoms. The van der Waals surface area contributed by atoms with E-state index in [-0.39, 0.29) is 6.03 Å². The number of urea groups is 1. The number of hydrogen-bond acceptors (Lipinski definition) is 2. The van der Waals surface area contributed by atoms with E-state index in [2.05, 4.69) is 6.58 Å². The summed E-state index contributed by atoms with van der Waals surface area (Å²) in [7, 11) is 1.73. The van der Waals surface area contributed by atoms with Crippen molar-refractivity contribution in [3.05, 3.63) is 47.5 Å². The molecule has 1 N–H and O–H groups in total. The molecule has 5 nitrogen and oxygen atoms in total. The molecule has 0 saturated heterocycles. The summed E-state index contributed by atoms with van der Waals surface area (Å²) in [4.78, 5) is 26.7. The van der Waals surface area contributed by atoms with Crippen molar-refractivity contribution in [2.24, 2.45) is 0 Å². The summed E-state index contributed by atoms with van der Waals surface area (Å²) in [6, 6.07) is 5.16. The van der Waals surface area contributed by atoms with Crippen LogP contribution < -0.4 is 0 Å². The Morgan fingerprint density at radius 2 is 2.25 bits per heavy atom. The molecule has 0 saturated carbocycles. The van der Waals surface area contributed by atoms with Gasteiger partial charge in [-0.05, 0) is 23.6 Å². The second kappa shape index (κ2) is 5.77. The van der Waals surface area contributed by atoms with Crippen LogP contribution in [-0.2, 0) is 13.0 Å². The molecule has 2 rings (SSSR count). The number of carboxylic acid groups (broad SMARTS) is 1. The van der Waals surface area contributed by atoms with Crippen LogP contribution in [0.3, 0.4) is 0 Å². The minimum atomic E-state index is -0.912. The van der Waals surface area contributed by atoms with E-state index >= 15 is 0 Å². The molecule has 0 spiro atoms. The molecule has 0 aromatic heterocycles. The molecule has 0 radical (unpaired) electrons. The van der Waals surface area contributed by atoms with Crippen molar-refractivity contribution < 1.29 is 14.7 Å². The number of rotatable bonds is 3. The average molecular weight is 274 g/mol. The van der Waals surface area contributed by atoms with E-state index in [1.165, 1.54) is 0 Å². The molecule has 0 unspecified atom stereocenters. The highest BCUT2D eigenvalue weighted by molar-refractivity contribution is 5.90. The van der Waals surface area contributed by atoms with E-state index in [4.69, 9.17) is 0 Å². The number of carbonyl (C=O) groups excluding carboxylic acids is 1. The number of hydrogen-bond donors (Lipinski definition) is 1. The smallest absolute Gasteiger partial charge is 0.335 e. The van der Waals surface area contributed by atoms with E-state index < -0.39 is 5.97 Å². The molecule has 1 aromatic carbocycles. The van der Waals surface area contributed by atoms with E-state index in [9.17, 15) is 14.7 Å². The van der Waals surface area contributed by atoms with Gasteiger partial charge in [-0.15, -0.1) is 6.58 Å². The van der Waals surface area contributed by atoms with Crippen LogP contribution in [0.2, 0.25) is 0 Å². The Bertz CT molecular complexity index is 554. The monoisotopic (exact) mass is 274 g/mol. The quantitative estimate of drug-likeness (QED) is 0.857. The number of fused-ring (bicyclic) bond motifs is 1. The normalized spacial score (nSPS) is 13.6. The lowest BCUT2D eigenvalue weighted by Crippen LogP contribution is -2.44. The van der Waals surface area contributed by atoms with Crippen LogP contribution in [0.15, 0.2) is 30.9 Å². The molecule has 0 aliphatic carbocycles. The summed E-state index contributed by atoms with van der Waals surface area (Å²) in [5, 5.41) is 9.17. The molecule has 1 aliphatic rings. The standard InChI is InChI=1S/C15H18N2O3/c1-3-8-16(2)15(20)17-9-7-12-11(10-17)5-4-6-13(12)14(18)19/h3-6H,1,7-10H2,2H3,(H,18,19). The molecule has 1 aromatic rings. The number of aromatic carboxylic acids is 1. The number of benzene rings is 1. The topological polar surface area (TPSA) is 60.9 Å². The predicted molar refractivity (Wildman–Crippen MR) is 75.7 cm³/mol. The third-order valence-electron chi connectivity index (χ3n) is 3.50. The maximum absolute atomic E-state index is 12.2. The third-order valence-corrected chi connectivity index (χ3v) is 3.50. The maximum Gasteiger partial charge on any atom is 0.335 e. The lowest BCUT2D eigenvalue weighted by Gasteiger charge is -2.32. The van der Waals surface area contributed by atoms with Crippen molar-refractivity contribution in [1.29, 1.82) is 0 Å². The van der Waals surface area contributed by atoms with Crippen molar-refractivity contribution in [2.45, 2.75) is 13.0 Å². The minimum Gasteiger partial charge on any atom is -0.478 e. The van der Waals surface area contributed by atoms with E-state index in [1.807, 2.05) is 6.07 Å². The Labute approximate surface area is 118 Å². The molecule has 2 amide bonds. The predicted octanol–water partition coefficient (Wildman–Crippen LogP) is 1.98. The summed E-state index contributed by atoms with van der Waals surface area (Å²) in [6.07, 6.45) is 2.25. The number of carbonyl (C=O) groups is 2. The van der Waals surface area contributed by atoms with Gasteiger partial charge in [-0.25, -0.2) is 9.59 Å². The lowest BCUT2D eigenvalue weighted by atomic mass is 9.94. The molecule has 0 bridgehead atoms. The first-order chi connectivity index (χ1) is 9.54. The summed E-state index contributed by atoms with van der Waals surface area (Å²) < 4.78 is 0. The molecular formula is C15H18N2O3. The lowest BCUT2D eigenvalue weighted by molar-refractivity contribution is 0.0695. The zero-order chi connectivity index (χ0) is 14.7. The van der Waals surface area contributed by atoms with Crippen molar-refractivity contribution in [3.63, 3.8) is 0 Å². The first-order valence-corrected chi connectivity index (χ1v) is 6.49. The molecule has 5 heteroatoms. The molecule has 1 aliphatic heterocycles. The summed E-state index contributed by atoms with van der Waals surface area (Å²) in [6.45, 7) is 5.11. The van der Waals surface area contributed by atoms with Crippen LogP contribution >= 0.6 is 0 Å². The van der Waals surface area contributed by atoms with Gasteiger partial charge < -0.3 is 14.9 Å². The third kappa shape index (κ3) is 2.66. The molecule has 0 atom stereocenters. The van der Waals surface area contributed by atoms with E-state index in [1.54, 1.807) is 35.1 Å². The van der Waals surface area contributed by atoms with Crippen LogP contribution in [0.4, 0.5) is 4.79 Å². The molecule has 0 fully saturated rings. The first-order valence-electron chi connectivity index (χ1n) is 6.49. The Morgan fingerprint density at radius 3 is 2.90 bits per heavy atom. The first kappa shape index (κ1) is 14.1. The fourth-order valence-corrected chi connectivity index (χ4v) is 2.49. The number of carboxylic acids is 1. The van der Waals surface area contributed by atoms with Gasteiger partial charge in [0.25, 0.3) is 0 Å². The van der Waals surface area contributed by atoms with Crippen molar-refractivity contribution >= 4 is 12.0 Å². The Kier molecular flexibility index (Phi) is 4.08. The Hall–Kier alpha value is -2.30. The highest BCUT2D eigenvalue weighted by Crippen LogP contribution is 2.23. The van der Waals surface area contributed by atoms with Gasteiger partial charge in [0, 0.05) is 26.7 Å². The highest BCUT2D eigenvalue weighted by atomic mass is 16.4. The maximum atomic E-state index is 12.2. The SMILES string of the molecule is C=CCN(C)C(=O)N1CCc2c(cccc2C(=O)O)C1. The molecule has 106 valence electrons. The summed E-state index contributed by atoms with van der Waals surface area (Å²) in [5.74, 6) is -0.912. The summed E-state index contributed by atoms with van der Waals surface area (Å²) >= 11 is 0. The number of amides is 2. The van der Waals surface area contributed by atoms with Crippen LogP contribution in [-0.4, -0.2) is 47.0 Å². The van der Waals surface area contributed by atoms with Gasteiger partial charge in [0.2, 0.25) is 0 Å². The van der Waals surface area contributed by atoms with Crippen LogP contribution in [0, 0.1) is 0 Å². The fraction of sp³-hybridized carbons (Fsp3) is 0.333. The summed E-state index contributed by atoms with van der Waals surface area (Å²) in [5.41, 5.74) is 2.10. The minimum absolute atomic E-state index is 0.0590. The van der Waals surface area contributed by atoms with Gasteiger partial charge >= 0.3 is 12.0 Å². The largest absolute Gasteiger partial charge is 0.478 e. The van der Waals surface area contributed by atoms with Crippen molar-refractivity contribution in [3.8, 4) is 0 Å². The zero-order valence-corrected chi connectivity index (χ0v) is 11.5. The van der Waals surface area contributed by atoms with E-state index in [0.29, 0.717) is 31.6 Å². The molecule has 1 heterocycles. The van der Waals surface area contributed by atoms with E-state index in [0.717, 1.165) is 11.1 Å². The average Bonchev–Trinajstić information content (AvgIpc) is 2.45. The van der Waals surface area contributed by atoms with Gasteiger partial charge in [0.1, 0.15) is 0 Å². The Morgan fingerprint density at radius 1 is 1.50 bits per heavy atom. The van der Waals surface area contributed by atoms with Crippen molar-refractivity contribution in [1.82, 2.24) is 9.80 Å². The van der Waals surface area contributed by atoms with Gasteiger partial charge in [0.05, 0.1) is 5.56 Å². The highest BCUT2D eigenvalue weighted by Gasteiger charge is 2.25. The van der Waals surface area contributed by atoms with Gasteiger partial charge in [0.15, 0.2) is 0 Å². The fourth-order valence-electron chi connectivity index (χ4n) is 2.49. The molecular weight excluding hydrogens is 256 g/mol. The van der Waals surface area contributed by atoms with Gasteiger partial charge in [-0.3, -0.25) is 0 Å². The van der Waals surface area contributed by atoms with Gasteiger partial charge in [-0.1, -0.05) is 18.2 Å². The second-order valence-corrected chi connectivity index (χ2v) is 4.87. The number of nitrogens with zero attached hydrogens (tertiary/aromatic N) is 2. The Balaban J connectivity index is 2.20. The van der Waals surface area contributed by atoms with Crippen molar-refractivity contribution in [2.75, 3.05) is 20.1 Å². The second-order valence-electron chi connectivity index (χ2n) is 4.87. The van der Waals surface area contributed by atoms with Crippen LogP contribution in [0.25, 0.3) is 0 Å². The number of likely N-dealkylation sites (N-methyl/N-ethyl adjacent to an activating group) is 1. The zero-order valence-electron chi connectivity index (χ0n) is 11.5. The van der Waals surface area contributed by atoms with Crippen LogP contribution in [0.5, 0.6) is 0 Å². The van der Waals surface area contributed by atoms with Crippen LogP contribution in [0.1, 0.15) is 21.5 Å². The van der Waals surface area contributed by atoms with Gasteiger partial charge in [-0.2, -0.15) is 0 Å².